The van der Waals surface area contributed by atoms with Crippen LogP contribution in [0.25, 0.3) is 11.1 Å². The minimum atomic E-state index is -0.869. The van der Waals surface area contributed by atoms with Crippen LogP contribution in [-0.4, -0.2) is 47.5 Å². The minimum Gasteiger partial charge on any atom is -0.457 e. The fourth-order valence-electron chi connectivity index (χ4n) is 3.93. The van der Waals surface area contributed by atoms with Gasteiger partial charge in [-0.1, -0.05) is 82.7 Å². The third kappa shape index (κ3) is 7.20. The topological polar surface area (TPSA) is 84.0 Å². The summed E-state index contributed by atoms with van der Waals surface area (Å²) in [5, 5.41) is 0. The molecule has 0 atom stereocenters. The molecule has 5 aromatic rings. The van der Waals surface area contributed by atoms with Gasteiger partial charge in [0.1, 0.15) is 11.5 Å². The van der Waals surface area contributed by atoms with Crippen molar-refractivity contribution in [1.29, 1.82) is 0 Å². The van der Waals surface area contributed by atoms with Crippen LogP contribution < -0.4 is 4.74 Å². The van der Waals surface area contributed by atoms with Gasteiger partial charge in [0.15, 0.2) is 0 Å². The lowest BCUT2D eigenvalue weighted by Gasteiger charge is -2.05. The second kappa shape index (κ2) is 13.7. The second-order valence-corrected chi connectivity index (χ2v) is 10.1. The van der Waals surface area contributed by atoms with Gasteiger partial charge in [-0.25, -0.2) is 0 Å². The monoisotopic (exact) mass is 642 g/mol. The number of amides is 4. The van der Waals surface area contributed by atoms with E-state index in [2.05, 4.69) is 0 Å². The van der Waals surface area contributed by atoms with Crippen molar-refractivity contribution in [2.45, 2.75) is 27.7 Å². The van der Waals surface area contributed by atoms with Gasteiger partial charge in [-0.15, -0.1) is 0 Å². The Morgan fingerprint density at radius 3 is 1.02 bits per heavy atom. The second-order valence-electron chi connectivity index (χ2n) is 10.1. The zero-order valence-corrected chi connectivity index (χ0v) is 25.9. The fraction of sp³-hybridized carbons (Fsp3) is 0.150. The summed E-state index contributed by atoms with van der Waals surface area (Å²) in [6, 6.07) is -6.58. The van der Waals surface area contributed by atoms with Crippen molar-refractivity contribution in [3.63, 3.8) is 0 Å². The number of carbonyl (C=O) groups is 4. The molecule has 236 valence electrons. The molecule has 0 fully saturated rings. The van der Waals surface area contributed by atoms with Crippen molar-refractivity contribution in [2.75, 3.05) is 14.1 Å². The molecule has 0 aromatic heterocycles. The molecule has 2 heterocycles. The Morgan fingerprint density at radius 2 is 0.702 bits per heavy atom. The normalized spacial score (nSPS) is 18.3. The van der Waals surface area contributed by atoms with Gasteiger partial charge in [-0.2, -0.15) is 0 Å². The number of nitrogens with zero attached hydrogens (tertiary/aromatic N) is 2. The molecule has 2 aliphatic heterocycles. The third-order valence-corrected chi connectivity index (χ3v) is 6.48. The van der Waals surface area contributed by atoms with Gasteiger partial charge < -0.3 is 4.74 Å². The molecule has 47 heavy (non-hydrogen) atoms. The predicted octanol–water partition coefficient (Wildman–Crippen LogP) is 8.20. The zero-order valence-electron chi connectivity index (χ0n) is 43.9. The van der Waals surface area contributed by atoms with Crippen LogP contribution in [0.3, 0.4) is 0 Å². The van der Waals surface area contributed by atoms with Gasteiger partial charge in [0.25, 0.3) is 23.6 Å². The Balaban J connectivity index is 0.000000200. The Kier molecular flexibility index (Phi) is 4.84. The number of carbonyl (C=O) groups excluding carboxylic acids is 4. The van der Waals surface area contributed by atoms with Crippen LogP contribution in [0.4, 0.5) is 0 Å². The Morgan fingerprint density at radius 1 is 0.426 bits per heavy atom. The molecule has 7 nitrogen and oxygen atoms in total. The molecule has 0 radical (unpaired) electrons. The number of fused-ring (bicyclic) bond motifs is 2. The van der Waals surface area contributed by atoms with Crippen LogP contribution in [-0.2, 0) is 0 Å². The average molecular weight is 643 g/mol. The lowest BCUT2D eigenvalue weighted by Crippen LogP contribution is -2.24. The van der Waals surface area contributed by atoms with Crippen LogP contribution in [0.1, 0.15) is 88.4 Å². The summed E-state index contributed by atoms with van der Waals surface area (Å²) in [7, 11) is 2.33. The molecule has 5 aromatic carbocycles. The van der Waals surface area contributed by atoms with Gasteiger partial charge in [-0.05, 0) is 87.2 Å². The highest BCUT2D eigenvalue weighted by atomic mass is 16.5. The molecule has 7 rings (SSSR count). The summed E-state index contributed by atoms with van der Waals surface area (Å²) < 4.78 is 147. The largest absolute Gasteiger partial charge is 0.457 e. The van der Waals surface area contributed by atoms with Crippen molar-refractivity contribution in [3.05, 3.63) is 153 Å². The zero-order chi connectivity index (χ0) is 49.5. The number of hydrogen-bond acceptors (Lipinski definition) is 5. The molecule has 2 aliphatic rings. The average Bonchev–Trinajstić information content (AvgIpc) is 3.65. The smallest absolute Gasteiger partial charge is 0.261 e. The summed E-state index contributed by atoms with van der Waals surface area (Å²) in [5.74, 6) is -4.27. The molecule has 0 spiro atoms. The number of imide groups is 2. The van der Waals surface area contributed by atoms with E-state index in [1.165, 1.54) is 13.8 Å². The summed E-state index contributed by atoms with van der Waals surface area (Å²) in [6.07, 6.45) is 0. The van der Waals surface area contributed by atoms with Gasteiger partial charge in [0.05, 0.1) is 46.9 Å². The van der Waals surface area contributed by atoms with E-state index in [0.717, 1.165) is 14.1 Å². The van der Waals surface area contributed by atoms with Crippen molar-refractivity contribution in [3.8, 4) is 22.6 Å². The number of rotatable bonds is 3. The van der Waals surface area contributed by atoms with Crippen molar-refractivity contribution >= 4 is 23.6 Å². The molecule has 0 saturated heterocycles. The van der Waals surface area contributed by atoms with Crippen molar-refractivity contribution < 1.29 is 48.6 Å². The Bertz CT molecular complexity index is 2680. The minimum absolute atomic E-state index is 0.0634. The maximum atomic E-state index is 12.4. The van der Waals surface area contributed by atoms with Crippen LogP contribution in [0.2, 0.25) is 0 Å². The van der Waals surface area contributed by atoms with E-state index in [-0.39, 0.29) is 59.5 Å². The van der Waals surface area contributed by atoms with E-state index in [1.807, 2.05) is 0 Å². The van der Waals surface area contributed by atoms with E-state index in [9.17, 15) is 19.2 Å². The summed E-state index contributed by atoms with van der Waals surface area (Å²) in [6.45, 7) is 6.10. The van der Waals surface area contributed by atoms with Gasteiger partial charge in [-0.3, -0.25) is 29.0 Å². The Labute approximate surface area is 300 Å². The molecule has 0 bridgehead atoms. The number of ether oxygens (including phenoxy) is 1. The molecular weight excluding hydrogens is 588 g/mol. The molecule has 0 N–H and O–H groups in total. The first-order chi connectivity index (χ1) is 30.0. The first kappa shape index (κ1) is 16.7. The highest BCUT2D eigenvalue weighted by Crippen LogP contribution is 2.31. The van der Waals surface area contributed by atoms with Gasteiger partial charge in [0.2, 0.25) is 0 Å². The van der Waals surface area contributed by atoms with Crippen LogP contribution >= 0.6 is 0 Å². The van der Waals surface area contributed by atoms with Gasteiger partial charge >= 0.3 is 0 Å². The van der Waals surface area contributed by atoms with E-state index < -0.39 is 129 Å². The quantitative estimate of drug-likeness (QED) is 0.185. The van der Waals surface area contributed by atoms with Gasteiger partial charge in [0, 0.05) is 14.1 Å². The fourth-order valence-corrected chi connectivity index (χ4v) is 3.93. The molecular formula is C40H36N2O5. The lowest BCUT2D eigenvalue weighted by atomic mass is 9.97. The molecule has 7 heteroatoms. The van der Waals surface area contributed by atoms with E-state index in [0.29, 0.717) is 20.9 Å². The van der Waals surface area contributed by atoms with E-state index in [1.54, 1.807) is 13.8 Å². The van der Waals surface area contributed by atoms with Crippen molar-refractivity contribution in [2.24, 2.45) is 0 Å². The predicted molar refractivity (Wildman–Crippen MR) is 183 cm³/mol. The van der Waals surface area contributed by atoms with Crippen LogP contribution in [0.15, 0.2) is 109 Å². The maximum Gasteiger partial charge on any atom is 0.261 e. The summed E-state index contributed by atoms with van der Waals surface area (Å²) in [4.78, 5) is 50.8. The van der Waals surface area contributed by atoms with E-state index in [4.69, 9.17) is 29.4 Å². The first-order valence-electron chi connectivity index (χ1n) is 22.8. The standard InChI is InChI=1S/C18H12N2O4.C14H14O.C8H10/c1-19-15(21)11-5-3-9(7-13(11)17(19)23)10-4-6-12-14(8-10)18(24)20(2)16(12)22;1-11-3-7-13(8-4-11)15-14-9-5-12(2)6-10-14;1-7-3-5-8(2)6-4-7/h3-8H,1-2H3;3-10H,1-2H3;3-6H,1-2H3/i3D,4D,5D,6D,7D,8D;3D,4D,5D,6D,7D,8D,9D,10D;3D,4D,5D,6D. The maximum absolute atomic E-state index is 12.4. The van der Waals surface area contributed by atoms with E-state index >= 15 is 0 Å². The SMILES string of the molecule is [2H]c1c([2H])c(-c2c([2H])c([2H])c3c(c2[2H])C(=O)N(C)C3=O)c([2H])c2c1C(=O)N(C)C2=O.[2H]c1c([2H])c(C)c([2H])c([2H])c1C.[2H]c1c([2H])c(Oc2c([2H])c([2H])c(C)c([2H])c2[2H])c([2H])c([2H])c1C. The van der Waals surface area contributed by atoms with Crippen LogP contribution in [0.5, 0.6) is 11.5 Å². The number of benzene rings is 5. The summed E-state index contributed by atoms with van der Waals surface area (Å²) >= 11 is 0. The summed E-state index contributed by atoms with van der Waals surface area (Å²) in [5.41, 5.74) is -1.55. The highest BCUT2D eigenvalue weighted by molar-refractivity contribution is 6.22. The lowest BCUT2D eigenvalue weighted by molar-refractivity contribution is 0.0677. The van der Waals surface area contributed by atoms with Crippen LogP contribution in [0, 0.1) is 27.7 Å². The molecule has 0 unspecified atom stereocenters. The van der Waals surface area contributed by atoms with Crippen molar-refractivity contribution in [1.82, 2.24) is 9.80 Å². The Hall–Kier alpha value is -5.82. The third-order valence-electron chi connectivity index (χ3n) is 6.48. The highest BCUT2D eigenvalue weighted by Gasteiger charge is 2.34. The molecule has 0 saturated carbocycles. The molecule has 4 amide bonds. The molecule has 0 aliphatic carbocycles. The first-order valence-corrected chi connectivity index (χ1v) is 13.8. The number of hydrogen-bond donors (Lipinski definition) is 0.